The molecule has 1 aliphatic carbocycles. The van der Waals surface area contributed by atoms with E-state index in [1.54, 1.807) is 37.3 Å². The molecule has 2 aromatic rings. The Hall–Kier alpha value is -2.91. The van der Waals surface area contributed by atoms with Crippen LogP contribution in [0.2, 0.25) is 0 Å². The molecular formula is C27H38N4O4S. The van der Waals surface area contributed by atoms with E-state index in [1.165, 1.54) is 25.4 Å². The standard InChI is InChI=1S/C27H38N4O4S/c1-21-12-11-13-23(18-21)19-30(22(2)27(33)28-24-14-7-5-8-15-24)26(32)20-31(36(34,35)29(3)4)25-16-9-6-10-17-25/h6,9-13,16-18,22,24H,5,7-8,14-15,19-20H2,1-4H3,(H,28,33)/t22-/m0/s1. The number of hydrogen-bond donors (Lipinski definition) is 1. The van der Waals surface area contributed by atoms with E-state index in [-0.39, 0.29) is 18.5 Å². The molecule has 1 saturated carbocycles. The van der Waals surface area contributed by atoms with E-state index in [1.807, 2.05) is 31.2 Å². The van der Waals surface area contributed by atoms with Crippen molar-refractivity contribution in [1.82, 2.24) is 14.5 Å². The van der Waals surface area contributed by atoms with Gasteiger partial charge in [-0.25, -0.2) is 4.31 Å². The first-order valence-electron chi connectivity index (χ1n) is 12.5. The number of carbonyl (C=O) groups is 2. The van der Waals surface area contributed by atoms with Crippen LogP contribution in [0.1, 0.15) is 50.2 Å². The fourth-order valence-electron chi connectivity index (χ4n) is 4.47. The summed E-state index contributed by atoms with van der Waals surface area (Å²) in [6.07, 6.45) is 5.22. The highest BCUT2D eigenvalue weighted by Crippen LogP contribution is 2.21. The average molecular weight is 515 g/mol. The van der Waals surface area contributed by atoms with Gasteiger partial charge in [0.05, 0.1) is 5.69 Å². The Morgan fingerprint density at radius 1 is 1.00 bits per heavy atom. The van der Waals surface area contributed by atoms with Crippen molar-refractivity contribution in [1.29, 1.82) is 0 Å². The van der Waals surface area contributed by atoms with Crippen molar-refractivity contribution in [3.05, 3.63) is 65.7 Å². The summed E-state index contributed by atoms with van der Waals surface area (Å²) in [5.41, 5.74) is 2.30. The van der Waals surface area contributed by atoms with Gasteiger partial charge in [-0.15, -0.1) is 0 Å². The van der Waals surface area contributed by atoms with Crippen LogP contribution in [-0.4, -0.2) is 62.2 Å². The van der Waals surface area contributed by atoms with Gasteiger partial charge < -0.3 is 10.2 Å². The molecule has 1 atom stereocenters. The third-order valence-corrected chi connectivity index (χ3v) is 8.44. The third kappa shape index (κ3) is 7.07. The number of nitrogens with zero attached hydrogens (tertiary/aromatic N) is 3. The number of rotatable bonds is 10. The lowest BCUT2D eigenvalue weighted by molar-refractivity contribution is -0.139. The summed E-state index contributed by atoms with van der Waals surface area (Å²) in [7, 11) is -1.09. The first kappa shape index (κ1) is 27.7. The maximum atomic E-state index is 13.7. The molecule has 0 spiro atoms. The van der Waals surface area contributed by atoms with Crippen LogP contribution < -0.4 is 9.62 Å². The molecule has 196 valence electrons. The van der Waals surface area contributed by atoms with E-state index < -0.39 is 28.7 Å². The lowest BCUT2D eigenvalue weighted by Crippen LogP contribution is -2.53. The molecule has 0 aromatic heterocycles. The Morgan fingerprint density at radius 2 is 1.67 bits per heavy atom. The van der Waals surface area contributed by atoms with Crippen LogP contribution in [0.3, 0.4) is 0 Å². The molecule has 8 nitrogen and oxygen atoms in total. The molecule has 0 unspecified atom stereocenters. The molecule has 2 amide bonds. The molecule has 1 fully saturated rings. The predicted octanol–water partition coefficient (Wildman–Crippen LogP) is 3.47. The van der Waals surface area contributed by atoms with E-state index in [0.29, 0.717) is 5.69 Å². The Balaban J connectivity index is 1.89. The number of aryl methyl sites for hydroxylation is 1. The minimum Gasteiger partial charge on any atom is -0.352 e. The Bertz CT molecular complexity index is 1130. The van der Waals surface area contributed by atoms with Crippen LogP contribution in [-0.2, 0) is 26.3 Å². The largest absolute Gasteiger partial charge is 0.352 e. The second kappa shape index (κ2) is 12.4. The van der Waals surface area contributed by atoms with Crippen molar-refractivity contribution in [2.45, 2.75) is 64.6 Å². The first-order chi connectivity index (χ1) is 17.1. The van der Waals surface area contributed by atoms with Crippen LogP contribution in [0.15, 0.2) is 54.6 Å². The zero-order valence-corrected chi connectivity index (χ0v) is 22.5. The SMILES string of the molecule is Cc1cccc(CN(C(=O)CN(c2ccccc2)S(=O)(=O)N(C)C)[C@@H](C)C(=O)NC2CCCCC2)c1. The number of benzene rings is 2. The van der Waals surface area contributed by atoms with Gasteiger partial charge in [-0.3, -0.25) is 9.59 Å². The van der Waals surface area contributed by atoms with Gasteiger partial charge in [0.1, 0.15) is 12.6 Å². The van der Waals surface area contributed by atoms with Gasteiger partial charge >= 0.3 is 10.2 Å². The average Bonchev–Trinajstić information content (AvgIpc) is 2.86. The lowest BCUT2D eigenvalue weighted by Gasteiger charge is -2.34. The fraction of sp³-hybridized carbons (Fsp3) is 0.481. The molecule has 36 heavy (non-hydrogen) atoms. The van der Waals surface area contributed by atoms with Gasteiger partial charge in [0, 0.05) is 26.7 Å². The van der Waals surface area contributed by atoms with Crippen molar-refractivity contribution in [3.63, 3.8) is 0 Å². The molecule has 0 radical (unpaired) electrons. The topological polar surface area (TPSA) is 90.0 Å². The molecule has 2 aromatic carbocycles. The molecule has 1 N–H and O–H groups in total. The smallest absolute Gasteiger partial charge is 0.304 e. The van der Waals surface area contributed by atoms with Crippen LogP contribution in [0.25, 0.3) is 0 Å². The predicted molar refractivity (Wildman–Crippen MR) is 143 cm³/mol. The molecule has 3 rings (SSSR count). The van der Waals surface area contributed by atoms with Crippen molar-refractivity contribution < 1.29 is 18.0 Å². The summed E-state index contributed by atoms with van der Waals surface area (Å²) in [6, 6.07) is 15.6. The van der Waals surface area contributed by atoms with Gasteiger partial charge in [0.2, 0.25) is 11.8 Å². The highest BCUT2D eigenvalue weighted by molar-refractivity contribution is 7.90. The van der Waals surface area contributed by atoms with Crippen molar-refractivity contribution in [3.8, 4) is 0 Å². The number of para-hydroxylation sites is 1. The summed E-state index contributed by atoms with van der Waals surface area (Å²) >= 11 is 0. The van der Waals surface area contributed by atoms with E-state index >= 15 is 0 Å². The number of anilines is 1. The van der Waals surface area contributed by atoms with Gasteiger partial charge in [-0.1, -0.05) is 67.3 Å². The zero-order valence-electron chi connectivity index (χ0n) is 21.7. The second-order valence-electron chi connectivity index (χ2n) is 9.66. The number of nitrogens with one attached hydrogen (secondary N) is 1. The number of amides is 2. The molecule has 0 bridgehead atoms. The fourth-order valence-corrected chi connectivity index (χ4v) is 5.53. The Morgan fingerprint density at radius 3 is 2.28 bits per heavy atom. The van der Waals surface area contributed by atoms with E-state index in [0.717, 1.165) is 45.4 Å². The van der Waals surface area contributed by atoms with Crippen LogP contribution in [0.4, 0.5) is 5.69 Å². The molecule has 0 aliphatic heterocycles. The number of hydrogen-bond acceptors (Lipinski definition) is 4. The normalized spacial score (nSPS) is 15.4. The van der Waals surface area contributed by atoms with Crippen molar-refractivity contribution >= 4 is 27.7 Å². The minimum absolute atomic E-state index is 0.111. The Labute approximate surface area is 215 Å². The summed E-state index contributed by atoms with van der Waals surface area (Å²) < 4.78 is 28.5. The van der Waals surface area contributed by atoms with Crippen molar-refractivity contribution in [2.75, 3.05) is 24.9 Å². The van der Waals surface area contributed by atoms with E-state index in [2.05, 4.69) is 5.32 Å². The van der Waals surface area contributed by atoms with Crippen LogP contribution >= 0.6 is 0 Å². The molecular weight excluding hydrogens is 476 g/mol. The minimum atomic E-state index is -3.95. The first-order valence-corrected chi connectivity index (χ1v) is 13.9. The van der Waals surface area contributed by atoms with Crippen molar-refractivity contribution in [2.24, 2.45) is 0 Å². The van der Waals surface area contributed by atoms with Gasteiger partial charge in [0.25, 0.3) is 0 Å². The maximum Gasteiger partial charge on any atom is 0.304 e. The quantitative estimate of drug-likeness (QED) is 0.526. The highest BCUT2D eigenvalue weighted by atomic mass is 32.2. The zero-order chi connectivity index (χ0) is 26.3. The summed E-state index contributed by atoms with van der Waals surface area (Å²) in [5, 5.41) is 3.11. The highest BCUT2D eigenvalue weighted by Gasteiger charge is 2.33. The summed E-state index contributed by atoms with van der Waals surface area (Å²) in [6.45, 7) is 3.45. The van der Waals surface area contributed by atoms with Gasteiger partial charge in [-0.2, -0.15) is 12.7 Å². The van der Waals surface area contributed by atoms with Gasteiger partial charge in [-0.05, 0) is 44.4 Å². The maximum absolute atomic E-state index is 13.7. The van der Waals surface area contributed by atoms with E-state index in [9.17, 15) is 18.0 Å². The van der Waals surface area contributed by atoms with Crippen LogP contribution in [0.5, 0.6) is 0 Å². The summed E-state index contributed by atoms with van der Waals surface area (Å²) in [5.74, 6) is -0.665. The molecule has 1 aliphatic rings. The summed E-state index contributed by atoms with van der Waals surface area (Å²) in [4.78, 5) is 28.5. The molecule has 0 saturated heterocycles. The third-order valence-electron chi connectivity index (χ3n) is 6.62. The number of carbonyl (C=O) groups excluding carboxylic acids is 2. The van der Waals surface area contributed by atoms with E-state index in [4.69, 9.17) is 0 Å². The molecule has 9 heteroatoms. The van der Waals surface area contributed by atoms with Crippen LogP contribution in [0, 0.1) is 6.92 Å². The van der Waals surface area contributed by atoms with Gasteiger partial charge in [0.15, 0.2) is 0 Å². The molecule has 0 heterocycles. The Kier molecular flexibility index (Phi) is 9.50. The second-order valence-corrected chi connectivity index (χ2v) is 11.7. The monoisotopic (exact) mass is 514 g/mol. The lowest BCUT2D eigenvalue weighted by atomic mass is 9.95.